The second-order valence-corrected chi connectivity index (χ2v) is 12.3. The van der Waals surface area contributed by atoms with E-state index in [2.05, 4.69) is 19.2 Å². The lowest BCUT2D eigenvalue weighted by atomic mass is 9.41. The van der Waals surface area contributed by atoms with Crippen LogP contribution in [0.15, 0.2) is 0 Å². The van der Waals surface area contributed by atoms with Crippen molar-refractivity contribution in [3.8, 4) is 0 Å². The van der Waals surface area contributed by atoms with E-state index in [0.717, 1.165) is 23.7 Å². The molecule has 0 amide bonds. The first-order chi connectivity index (χ1) is 11.4. The molecule has 24 heavy (non-hydrogen) atoms. The lowest BCUT2D eigenvalue weighted by Gasteiger charge is -2.69. The molecule has 0 aromatic heterocycles. The van der Waals surface area contributed by atoms with Crippen molar-refractivity contribution >= 4 is 0 Å². The van der Waals surface area contributed by atoms with Crippen LogP contribution in [0.2, 0.25) is 0 Å². The van der Waals surface area contributed by atoms with Gasteiger partial charge in [-0.3, -0.25) is 0 Å². The van der Waals surface area contributed by atoms with E-state index in [0.29, 0.717) is 21.9 Å². The van der Waals surface area contributed by atoms with E-state index in [1.54, 1.807) is 32.1 Å². The smallest absolute Gasteiger partial charge is 0.0199 e. The van der Waals surface area contributed by atoms with Crippen LogP contribution in [0.5, 0.6) is 0 Å². The van der Waals surface area contributed by atoms with Crippen LogP contribution in [0, 0.1) is 34.5 Å². The molecular formula is C23H37N. The highest BCUT2D eigenvalue weighted by atomic mass is 15.1. The van der Waals surface area contributed by atoms with E-state index in [9.17, 15) is 0 Å². The molecule has 8 saturated carbocycles. The van der Waals surface area contributed by atoms with Crippen LogP contribution in [0.4, 0.5) is 0 Å². The summed E-state index contributed by atoms with van der Waals surface area (Å²) in [5.74, 6) is 4.27. The van der Waals surface area contributed by atoms with Gasteiger partial charge in [0.1, 0.15) is 0 Å². The summed E-state index contributed by atoms with van der Waals surface area (Å²) in [6.07, 6.45) is 19.9. The summed E-state index contributed by atoms with van der Waals surface area (Å²) >= 11 is 0. The zero-order valence-electron chi connectivity index (χ0n) is 16.0. The van der Waals surface area contributed by atoms with Gasteiger partial charge < -0.3 is 5.32 Å². The molecule has 0 heterocycles. The highest BCUT2D eigenvalue weighted by Gasteiger charge is 2.63. The zero-order valence-corrected chi connectivity index (χ0v) is 16.0. The van der Waals surface area contributed by atoms with Gasteiger partial charge >= 0.3 is 0 Å². The van der Waals surface area contributed by atoms with Crippen LogP contribution in [0.1, 0.15) is 97.3 Å². The quantitative estimate of drug-likeness (QED) is 0.702. The minimum atomic E-state index is 0.524. The normalized spacial score (nSPS) is 63.2. The van der Waals surface area contributed by atoms with Crippen LogP contribution >= 0.6 is 0 Å². The van der Waals surface area contributed by atoms with E-state index in [1.165, 1.54) is 51.4 Å². The molecule has 1 N–H and O–H groups in total. The second kappa shape index (κ2) is 4.44. The Morgan fingerprint density at radius 1 is 0.708 bits per heavy atom. The van der Waals surface area contributed by atoms with Crippen molar-refractivity contribution in [2.45, 2.75) is 108 Å². The van der Waals surface area contributed by atoms with Gasteiger partial charge in [0.25, 0.3) is 0 Å². The van der Waals surface area contributed by atoms with Gasteiger partial charge in [0.05, 0.1) is 0 Å². The Morgan fingerprint density at radius 2 is 1.33 bits per heavy atom. The summed E-state index contributed by atoms with van der Waals surface area (Å²) in [4.78, 5) is 0. The van der Waals surface area contributed by atoms with Crippen molar-refractivity contribution in [2.75, 3.05) is 0 Å². The van der Waals surface area contributed by atoms with Gasteiger partial charge in [-0.1, -0.05) is 20.3 Å². The first-order valence-corrected chi connectivity index (χ1v) is 11.2. The summed E-state index contributed by atoms with van der Waals surface area (Å²) < 4.78 is 0. The maximum absolute atomic E-state index is 4.55. The molecular weight excluding hydrogens is 290 g/mol. The third-order valence-corrected chi connectivity index (χ3v) is 9.78. The summed E-state index contributed by atoms with van der Waals surface area (Å²) in [5.41, 5.74) is 2.44. The maximum Gasteiger partial charge on any atom is 0.0199 e. The first kappa shape index (κ1) is 15.1. The molecule has 0 aromatic carbocycles. The molecule has 0 aliphatic heterocycles. The van der Waals surface area contributed by atoms with Crippen LogP contribution < -0.4 is 5.32 Å². The molecule has 1 heteroatoms. The minimum Gasteiger partial charge on any atom is -0.306 e. The Bertz CT molecular complexity index is 531. The highest BCUT2D eigenvalue weighted by molar-refractivity contribution is 5.18. The molecule has 8 fully saturated rings. The molecule has 4 unspecified atom stereocenters. The predicted octanol–water partition coefficient (Wildman–Crippen LogP) is 5.68. The van der Waals surface area contributed by atoms with Crippen molar-refractivity contribution in [3.05, 3.63) is 0 Å². The molecule has 1 nitrogen and oxygen atoms in total. The monoisotopic (exact) mass is 327 g/mol. The van der Waals surface area contributed by atoms with Gasteiger partial charge in [0.15, 0.2) is 0 Å². The Balaban J connectivity index is 1.34. The zero-order chi connectivity index (χ0) is 16.2. The predicted molar refractivity (Wildman–Crippen MR) is 98.8 cm³/mol. The fourth-order valence-electron chi connectivity index (χ4n) is 10.5. The topological polar surface area (TPSA) is 12.0 Å². The molecule has 0 saturated heterocycles. The fraction of sp³-hybridized carbons (Fsp3) is 1.00. The van der Waals surface area contributed by atoms with Gasteiger partial charge in [0.2, 0.25) is 0 Å². The van der Waals surface area contributed by atoms with Gasteiger partial charge in [-0.15, -0.1) is 0 Å². The number of hydrogen-bond acceptors (Lipinski definition) is 1. The van der Waals surface area contributed by atoms with Crippen molar-refractivity contribution in [1.82, 2.24) is 5.32 Å². The molecule has 0 spiro atoms. The van der Waals surface area contributed by atoms with Crippen LogP contribution in [-0.4, -0.2) is 11.1 Å². The van der Waals surface area contributed by atoms with E-state index < -0.39 is 0 Å². The highest BCUT2D eigenvalue weighted by Crippen LogP contribution is 2.68. The van der Waals surface area contributed by atoms with Crippen LogP contribution in [-0.2, 0) is 0 Å². The maximum atomic E-state index is 4.55. The summed E-state index contributed by atoms with van der Waals surface area (Å²) in [5, 5.41) is 4.55. The van der Waals surface area contributed by atoms with E-state index in [1.807, 2.05) is 0 Å². The molecule has 0 radical (unpaired) electrons. The molecule has 134 valence electrons. The Hall–Kier alpha value is -0.0400. The summed E-state index contributed by atoms with van der Waals surface area (Å²) in [6, 6.07) is 0. The SMILES string of the molecule is CCC12CC3CC(C)(C1)CC(NC14CC5CC(CC(C5)C1)C4)(C3)C2. The largest absolute Gasteiger partial charge is 0.306 e. The van der Waals surface area contributed by atoms with Crippen molar-refractivity contribution in [1.29, 1.82) is 0 Å². The molecule has 8 bridgehead atoms. The summed E-state index contributed by atoms with van der Waals surface area (Å²) in [6.45, 7) is 5.15. The van der Waals surface area contributed by atoms with Crippen molar-refractivity contribution < 1.29 is 0 Å². The van der Waals surface area contributed by atoms with Crippen molar-refractivity contribution in [2.24, 2.45) is 34.5 Å². The number of rotatable bonds is 3. The van der Waals surface area contributed by atoms with Crippen LogP contribution in [0.25, 0.3) is 0 Å². The molecule has 4 atom stereocenters. The van der Waals surface area contributed by atoms with Gasteiger partial charge in [-0.2, -0.15) is 0 Å². The van der Waals surface area contributed by atoms with E-state index in [4.69, 9.17) is 0 Å². The number of hydrogen-bond donors (Lipinski definition) is 1. The van der Waals surface area contributed by atoms with Gasteiger partial charge in [0, 0.05) is 11.1 Å². The number of nitrogens with one attached hydrogen (secondary N) is 1. The average Bonchev–Trinajstić information content (AvgIpc) is 2.41. The van der Waals surface area contributed by atoms with E-state index in [-0.39, 0.29) is 0 Å². The van der Waals surface area contributed by atoms with E-state index >= 15 is 0 Å². The molecule has 8 aliphatic rings. The van der Waals surface area contributed by atoms with Crippen LogP contribution in [0.3, 0.4) is 0 Å². The lowest BCUT2D eigenvalue weighted by Crippen LogP contribution is -2.71. The standard InChI is InChI=1S/C23H37N/c1-3-21-8-19-7-20(2,13-21)14-23(12-19,15-21)24-22-9-16-4-17(10-22)6-18(5-16)11-22/h16-19,24H,3-15H2,1-2H3. The van der Waals surface area contributed by atoms with Gasteiger partial charge in [-0.05, 0) is 112 Å². The third-order valence-electron chi connectivity index (χ3n) is 9.78. The Morgan fingerprint density at radius 3 is 1.92 bits per heavy atom. The summed E-state index contributed by atoms with van der Waals surface area (Å²) in [7, 11) is 0. The Kier molecular flexibility index (Phi) is 2.78. The second-order valence-electron chi connectivity index (χ2n) is 12.3. The average molecular weight is 328 g/mol. The minimum absolute atomic E-state index is 0.524. The first-order valence-electron chi connectivity index (χ1n) is 11.2. The molecule has 8 rings (SSSR count). The fourth-order valence-corrected chi connectivity index (χ4v) is 10.5. The lowest BCUT2D eigenvalue weighted by molar-refractivity contribution is -0.148. The third kappa shape index (κ3) is 2.03. The Labute approximate surface area is 148 Å². The van der Waals surface area contributed by atoms with Crippen molar-refractivity contribution in [3.63, 3.8) is 0 Å². The molecule has 0 aromatic rings. The molecule has 8 aliphatic carbocycles. The van der Waals surface area contributed by atoms with Gasteiger partial charge in [-0.25, -0.2) is 0 Å².